The highest BCUT2D eigenvalue weighted by Gasteiger charge is 1.90. The average Bonchev–Trinajstić information content (AvgIpc) is 3.67. The van der Waals surface area contributed by atoms with E-state index in [4.69, 9.17) is 0 Å². The van der Waals surface area contributed by atoms with Gasteiger partial charge < -0.3 is 9.97 Å². The summed E-state index contributed by atoms with van der Waals surface area (Å²) in [5.41, 5.74) is 4.17. The van der Waals surface area contributed by atoms with Gasteiger partial charge in [-0.3, -0.25) is 0 Å². The summed E-state index contributed by atoms with van der Waals surface area (Å²) in [6.07, 6.45) is 5.94. The number of thiazole rings is 1. The lowest BCUT2D eigenvalue weighted by molar-refractivity contribution is 1.43. The lowest BCUT2D eigenvalue weighted by Gasteiger charge is -1.83. The van der Waals surface area contributed by atoms with Crippen LogP contribution in [-0.2, 0) is 0 Å². The highest BCUT2D eigenvalue weighted by Crippen LogP contribution is 2.15. The Balaban J connectivity index is 0.000000104. The summed E-state index contributed by atoms with van der Waals surface area (Å²) < 4.78 is 1.26. The van der Waals surface area contributed by atoms with Crippen molar-refractivity contribution in [1.29, 1.82) is 0 Å². The van der Waals surface area contributed by atoms with Crippen LogP contribution in [0.25, 0.3) is 31.9 Å². The van der Waals surface area contributed by atoms with Crippen LogP contribution in [0.4, 0.5) is 0 Å². The van der Waals surface area contributed by atoms with Crippen LogP contribution in [0.3, 0.4) is 0 Å². The molecule has 0 aliphatic rings. The zero-order valence-corrected chi connectivity index (χ0v) is 19.0. The van der Waals surface area contributed by atoms with Crippen molar-refractivity contribution in [2.24, 2.45) is 0 Å². The Hall–Kier alpha value is -3.67. The van der Waals surface area contributed by atoms with E-state index in [1.807, 2.05) is 89.5 Å². The number of hydrogen-bond acceptors (Lipinski definition) is 3. The molecule has 0 unspecified atom stereocenters. The Morgan fingerprint density at radius 3 is 1.94 bits per heavy atom. The second kappa shape index (κ2) is 11.6. The normalized spacial score (nSPS) is 9.88. The van der Waals surface area contributed by atoms with Crippen molar-refractivity contribution in [3.05, 3.63) is 126 Å². The first-order chi connectivity index (χ1) is 15.9. The van der Waals surface area contributed by atoms with Gasteiger partial charge in [0.05, 0.1) is 15.7 Å². The van der Waals surface area contributed by atoms with E-state index in [2.05, 4.69) is 51.4 Å². The molecule has 0 fully saturated rings. The Labute approximate surface area is 195 Å². The van der Waals surface area contributed by atoms with Gasteiger partial charge >= 0.3 is 0 Å². The number of rotatable bonds is 0. The average molecular weight is 454 g/mol. The van der Waals surface area contributed by atoms with Gasteiger partial charge in [-0.15, -0.1) is 11.3 Å². The first kappa shape index (κ1) is 21.6. The number of nitrogens with zero attached hydrogens (tertiary/aromatic N) is 1. The van der Waals surface area contributed by atoms with Gasteiger partial charge in [-0.05, 0) is 51.2 Å². The van der Waals surface area contributed by atoms with Crippen molar-refractivity contribution in [1.82, 2.24) is 15.0 Å². The first-order valence-electron chi connectivity index (χ1n) is 10.2. The molecule has 3 nitrogen and oxygen atoms in total. The van der Waals surface area contributed by atoms with Crippen LogP contribution in [0.5, 0.6) is 0 Å². The Morgan fingerprint density at radius 1 is 0.625 bits per heavy atom. The number of hydrogen-bond donors (Lipinski definition) is 2. The van der Waals surface area contributed by atoms with Crippen molar-refractivity contribution < 1.29 is 0 Å². The van der Waals surface area contributed by atoms with Gasteiger partial charge in [-0.25, -0.2) is 4.98 Å². The molecule has 0 aliphatic heterocycles. The quantitative estimate of drug-likeness (QED) is 0.238. The predicted octanol–water partition coefficient (Wildman–Crippen LogP) is 8.38. The molecule has 0 saturated carbocycles. The fraction of sp³-hybridized carbons (Fsp3) is 0. The summed E-state index contributed by atoms with van der Waals surface area (Å²) >= 11 is 3.39. The fourth-order valence-corrected chi connectivity index (χ4v) is 4.15. The smallest absolute Gasteiger partial charge is 0.0812 e. The molecule has 5 heteroatoms. The molecule has 0 amide bonds. The second-order valence-corrected chi connectivity index (χ2v) is 8.47. The van der Waals surface area contributed by atoms with Crippen LogP contribution in [0.15, 0.2) is 126 Å². The molecule has 0 spiro atoms. The first-order valence-corrected chi connectivity index (χ1v) is 12.0. The minimum atomic E-state index is 1.10. The minimum absolute atomic E-state index is 1.10. The number of nitrogens with one attached hydrogen (secondary N) is 2. The van der Waals surface area contributed by atoms with E-state index >= 15 is 0 Å². The molecule has 4 aromatic heterocycles. The molecule has 0 radical (unpaired) electrons. The minimum Gasteiger partial charge on any atom is -0.366 e. The van der Waals surface area contributed by atoms with Crippen LogP contribution < -0.4 is 0 Å². The van der Waals surface area contributed by atoms with Gasteiger partial charge in [0.15, 0.2) is 0 Å². The maximum Gasteiger partial charge on any atom is 0.0812 e. The Bertz CT molecular complexity index is 1180. The Kier molecular flexibility index (Phi) is 7.85. The van der Waals surface area contributed by atoms with Crippen molar-refractivity contribution in [2.75, 3.05) is 0 Å². The van der Waals surface area contributed by atoms with Gasteiger partial charge in [-0.1, -0.05) is 66.7 Å². The van der Waals surface area contributed by atoms with E-state index in [0.717, 1.165) is 5.52 Å². The van der Waals surface area contributed by atoms with Crippen molar-refractivity contribution in [3.8, 4) is 0 Å². The summed E-state index contributed by atoms with van der Waals surface area (Å²) in [6.45, 7) is 0. The molecule has 0 bridgehead atoms. The van der Waals surface area contributed by atoms with E-state index in [-0.39, 0.29) is 0 Å². The number of thiophene rings is 1. The standard InChI is InChI=1S/2C8H7N.C7H5NS.C4H4S/c1-2-4-8-6-9-5-7(8)3-1;1-2-4-8-7(3-1)5-6-9-8;1-2-4-7-6(3-1)8-5-9-7;1-2-4-5-3-1/h2*1-6,9H;1-5H;1-4H. The van der Waals surface area contributed by atoms with Crippen molar-refractivity contribution in [2.45, 2.75) is 0 Å². The summed E-state index contributed by atoms with van der Waals surface area (Å²) in [4.78, 5) is 10.3. The zero-order valence-electron chi connectivity index (χ0n) is 17.4. The monoisotopic (exact) mass is 453 g/mol. The maximum absolute atomic E-state index is 4.14. The third-order valence-electron chi connectivity index (χ3n) is 4.60. The molecule has 32 heavy (non-hydrogen) atoms. The molecular formula is C27H23N3S2. The molecule has 3 aromatic carbocycles. The molecule has 7 aromatic rings. The third kappa shape index (κ3) is 6.17. The van der Waals surface area contributed by atoms with Gasteiger partial charge in [0.1, 0.15) is 0 Å². The summed E-state index contributed by atoms with van der Waals surface area (Å²) in [5, 5.41) is 7.91. The molecule has 158 valence electrons. The van der Waals surface area contributed by atoms with Gasteiger partial charge in [0.2, 0.25) is 0 Å². The largest absolute Gasteiger partial charge is 0.366 e. The van der Waals surface area contributed by atoms with E-state index in [1.165, 1.54) is 26.4 Å². The van der Waals surface area contributed by atoms with Crippen LogP contribution in [-0.4, -0.2) is 15.0 Å². The van der Waals surface area contributed by atoms with E-state index in [0.29, 0.717) is 0 Å². The van der Waals surface area contributed by atoms with E-state index < -0.39 is 0 Å². The SMILES string of the molecule is c1ccc2[nH]ccc2c1.c1ccc2c[nH]cc2c1.c1ccc2scnc2c1.c1ccsc1. The fourth-order valence-electron chi connectivity index (χ4n) is 3.02. The number of para-hydroxylation sites is 2. The molecule has 4 heterocycles. The molecule has 7 rings (SSSR count). The number of aromatic amines is 2. The Morgan fingerprint density at radius 2 is 1.28 bits per heavy atom. The molecule has 0 atom stereocenters. The van der Waals surface area contributed by atoms with Crippen molar-refractivity contribution in [3.63, 3.8) is 0 Å². The third-order valence-corrected chi connectivity index (χ3v) is 6.04. The number of aromatic nitrogens is 3. The van der Waals surface area contributed by atoms with Gasteiger partial charge in [0.25, 0.3) is 0 Å². The summed E-state index contributed by atoms with van der Waals surface area (Å²) in [7, 11) is 0. The van der Waals surface area contributed by atoms with E-state index in [9.17, 15) is 0 Å². The van der Waals surface area contributed by atoms with Crippen LogP contribution in [0.1, 0.15) is 0 Å². The lowest BCUT2D eigenvalue weighted by atomic mass is 10.2. The predicted molar refractivity (Wildman–Crippen MR) is 141 cm³/mol. The summed E-state index contributed by atoms with van der Waals surface area (Å²) in [6, 6.07) is 30.7. The number of benzene rings is 3. The van der Waals surface area contributed by atoms with Gasteiger partial charge in [0, 0.05) is 24.1 Å². The lowest BCUT2D eigenvalue weighted by Crippen LogP contribution is -1.61. The zero-order chi connectivity index (χ0) is 21.8. The van der Waals surface area contributed by atoms with Crippen LogP contribution in [0, 0.1) is 0 Å². The van der Waals surface area contributed by atoms with Gasteiger partial charge in [-0.2, -0.15) is 11.3 Å². The highest BCUT2D eigenvalue weighted by atomic mass is 32.1. The molecule has 2 N–H and O–H groups in total. The van der Waals surface area contributed by atoms with Crippen LogP contribution in [0.2, 0.25) is 0 Å². The topological polar surface area (TPSA) is 44.5 Å². The van der Waals surface area contributed by atoms with E-state index in [1.54, 1.807) is 22.7 Å². The second-order valence-electron chi connectivity index (χ2n) is 6.76. The molecule has 0 aliphatic carbocycles. The van der Waals surface area contributed by atoms with Crippen molar-refractivity contribution >= 4 is 54.6 Å². The molecule has 0 saturated heterocycles. The molecular weight excluding hydrogens is 430 g/mol. The van der Waals surface area contributed by atoms with Crippen LogP contribution >= 0.6 is 22.7 Å². The number of fused-ring (bicyclic) bond motifs is 3. The summed E-state index contributed by atoms with van der Waals surface area (Å²) in [5.74, 6) is 0. The highest BCUT2D eigenvalue weighted by molar-refractivity contribution is 7.16. The maximum atomic E-state index is 4.14. The number of H-pyrrole nitrogens is 2.